The fraction of sp³-hybridized carbons (Fsp3) is 0.0909. The zero-order chi connectivity index (χ0) is 22.3. The smallest absolute Gasteiger partial charge is 0.261 e. The van der Waals surface area contributed by atoms with E-state index in [0.717, 1.165) is 11.6 Å². The van der Waals surface area contributed by atoms with Crippen molar-refractivity contribution in [2.24, 2.45) is 0 Å². The number of carbonyl (C=O) groups is 2. The topological polar surface area (TPSA) is 104 Å². The molecule has 0 saturated heterocycles. The van der Waals surface area contributed by atoms with Crippen molar-refractivity contribution < 1.29 is 22.4 Å². The highest BCUT2D eigenvalue weighted by Gasteiger charge is 2.15. The number of amides is 2. The molecule has 2 amide bonds. The van der Waals surface area contributed by atoms with Crippen LogP contribution in [0.4, 0.5) is 15.8 Å². The monoisotopic (exact) mass is 441 g/mol. The third-order valence-corrected chi connectivity index (χ3v) is 5.58. The summed E-state index contributed by atoms with van der Waals surface area (Å²) < 4.78 is 40.3. The Kier molecular flexibility index (Phi) is 6.99. The van der Waals surface area contributed by atoms with Crippen LogP contribution in [-0.2, 0) is 26.0 Å². The predicted molar refractivity (Wildman–Crippen MR) is 115 cm³/mol. The van der Waals surface area contributed by atoms with Crippen molar-refractivity contribution in [3.05, 3.63) is 90.2 Å². The van der Waals surface area contributed by atoms with Gasteiger partial charge in [0.1, 0.15) is 5.82 Å². The number of anilines is 2. The highest BCUT2D eigenvalue weighted by atomic mass is 32.2. The van der Waals surface area contributed by atoms with E-state index in [-0.39, 0.29) is 29.5 Å². The lowest BCUT2D eigenvalue weighted by atomic mass is 10.1. The SMILES string of the molecule is O=C(Cc1ccccc1)NCC(=O)Nc1ccc(S(=O)(=O)Nc2cccc(F)c2)cc1. The van der Waals surface area contributed by atoms with Crippen LogP contribution in [0.15, 0.2) is 83.8 Å². The molecular weight excluding hydrogens is 421 g/mol. The number of nitrogens with one attached hydrogen (secondary N) is 3. The van der Waals surface area contributed by atoms with Crippen molar-refractivity contribution in [2.75, 3.05) is 16.6 Å². The normalized spacial score (nSPS) is 10.9. The molecule has 0 aromatic heterocycles. The lowest BCUT2D eigenvalue weighted by Gasteiger charge is -2.10. The van der Waals surface area contributed by atoms with Crippen LogP contribution in [0.5, 0.6) is 0 Å². The number of rotatable bonds is 8. The van der Waals surface area contributed by atoms with Gasteiger partial charge in [0.2, 0.25) is 11.8 Å². The van der Waals surface area contributed by atoms with Gasteiger partial charge in [0, 0.05) is 5.69 Å². The van der Waals surface area contributed by atoms with Crippen LogP contribution >= 0.6 is 0 Å². The minimum atomic E-state index is -3.91. The van der Waals surface area contributed by atoms with E-state index in [0.29, 0.717) is 5.69 Å². The van der Waals surface area contributed by atoms with Crippen LogP contribution in [0.2, 0.25) is 0 Å². The molecule has 31 heavy (non-hydrogen) atoms. The quantitative estimate of drug-likeness (QED) is 0.500. The first-order valence-corrected chi connectivity index (χ1v) is 10.8. The molecule has 0 unspecified atom stereocenters. The van der Waals surface area contributed by atoms with Crippen molar-refractivity contribution in [1.29, 1.82) is 0 Å². The summed E-state index contributed by atoms with van der Waals surface area (Å²) in [7, 11) is -3.91. The molecule has 0 spiro atoms. The molecule has 0 aliphatic heterocycles. The second kappa shape index (κ2) is 9.86. The molecule has 0 heterocycles. The van der Waals surface area contributed by atoms with Crippen LogP contribution in [0.25, 0.3) is 0 Å². The summed E-state index contributed by atoms with van der Waals surface area (Å²) in [5.74, 6) is -1.30. The van der Waals surface area contributed by atoms with Crippen molar-refractivity contribution in [3.63, 3.8) is 0 Å². The molecule has 0 saturated carbocycles. The molecule has 0 fully saturated rings. The lowest BCUT2D eigenvalue weighted by Crippen LogP contribution is -2.33. The highest BCUT2D eigenvalue weighted by molar-refractivity contribution is 7.92. The van der Waals surface area contributed by atoms with Gasteiger partial charge in [-0.2, -0.15) is 0 Å². The molecule has 3 aromatic rings. The molecule has 3 rings (SSSR count). The Bertz CT molecular complexity index is 1170. The molecule has 7 nitrogen and oxygen atoms in total. The van der Waals surface area contributed by atoms with Crippen molar-refractivity contribution in [3.8, 4) is 0 Å². The van der Waals surface area contributed by atoms with Crippen LogP contribution in [-0.4, -0.2) is 26.8 Å². The number of hydrogen-bond acceptors (Lipinski definition) is 4. The Hall–Kier alpha value is -3.72. The highest BCUT2D eigenvalue weighted by Crippen LogP contribution is 2.18. The zero-order valence-corrected chi connectivity index (χ0v) is 17.2. The summed E-state index contributed by atoms with van der Waals surface area (Å²) in [4.78, 5) is 23.9. The van der Waals surface area contributed by atoms with E-state index >= 15 is 0 Å². The summed E-state index contributed by atoms with van der Waals surface area (Å²) in [5, 5.41) is 5.11. The summed E-state index contributed by atoms with van der Waals surface area (Å²) in [6.07, 6.45) is 0.166. The molecule has 9 heteroatoms. The van der Waals surface area contributed by atoms with E-state index in [1.165, 1.54) is 42.5 Å². The largest absolute Gasteiger partial charge is 0.347 e. The standard InChI is InChI=1S/C22H20FN3O4S/c23-17-7-4-8-19(14-17)26-31(29,30)20-11-9-18(10-12-20)25-22(28)15-24-21(27)13-16-5-2-1-3-6-16/h1-12,14,26H,13,15H2,(H,24,27)(H,25,28). The van der Waals surface area contributed by atoms with E-state index in [1.54, 1.807) is 0 Å². The number of benzene rings is 3. The maximum absolute atomic E-state index is 13.2. The average Bonchev–Trinajstić information content (AvgIpc) is 2.73. The predicted octanol–water partition coefficient (Wildman–Crippen LogP) is 2.92. The van der Waals surface area contributed by atoms with Gasteiger partial charge in [-0.3, -0.25) is 14.3 Å². The number of sulfonamides is 1. The van der Waals surface area contributed by atoms with Crippen LogP contribution in [0.1, 0.15) is 5.56 Å². The third-order valence-electron chi connectivity index (χ3n) is 4.18. The first kappa shape index (κ1) is 22.0. The van der Waals surface area contributed by atoms with Gasteiger partial charge in [-0.15, -0.1) is 0 Å². The van der Waals surface area contributed by atoms with Crippen molar-refractivity contribution >= 4 is 33.2 Å². The van der Waals surface area contributed by atoms with Crippen LogP contribution in [0, 0.1) is 5.82 Å². The molecule has 3 N–H and O–H groups in total. The molecule has 0 aliphatic rings. The summed E-state index contributed by atoms with van der Waals surface area (Å²) in [6.45, 7) is -0.215. The Balaban J connectivity index is 1.52. The first-order chi connectivity index (χ1) is 14.8. The third kappa shape index (κ3) is 6.65. The Labute approximate surface area is 179 Å². The number of carbonyl (C=O) groups excluding carboxylic acids is 2. The molecule has 0 bridgehead atoms. The minimum Gasteiger partial charge on any atom is -0.347 e. The Morgan fingerprint density at radius 1 is 0.806 bits per heavy atom. The summed E-state index contributed by atoms with van der Waals surface area (Å²) >= 11 is 0. The minimum absolute atomic E-state index is 0.0501. The molecule has 0 atom stereocenters. The van der Waals surface area contributed by atoms with E-state index < -0.39 is 21.7 Å². The second-order valence-corrected chi connectivity index (χ2v) is 8.31. The molecule has 160 valence electrons. The molecule has 0 aliphatic carbocycles. The van der Waals surface area contributed by atoms with Gasteiger partial charge < -0.3 is 10.6 Å². The van der Waals surface area contributed by atoms with E-state index in [4.69, 9.17) is 0 Å². The average molecular weight is 441 g/mol. The summed E-state index contributed by atoms with van der Waals surface area (Å²) in [6, 6.07) is 19.7. The lowest BCUT2D eigenvalue weighted by molar-refractivity contribution is -0.123. The van der Waals surface area contributed by atoms with E-state index in [1.807, 2.05) is 30.3 Å². The molecule has 3 aromatic carbocycles. The maximum Gasteiger partial charge on any atom is 0.261 e. The van der Waals surface area contributed by atoms with Gasteiger partial charge >= 0.3 is 0 Å². The van der Waals surface area contributed by atoms with Gasteiger partial charge in [-0.1, -0.05) is 36.4 Å². The Morgan fingerprint density at radius 3 is 2.19 bits per heavy atom. The maximum atomic E-state index is 13.2. The van der Waals surface area contributed by atoms with Gasteiger partial charge in [0.05, 0.1) is 23.5 Å². The fourth-order valence-corrected chi connectivity index (χ4v) is 3.76. The molecule has 0 radical (unpaired) electrons. The van der Waals surface area contributed by atoms with Gasteiger partial charge in [0.15, 0.2) is 0 Å². The fourth-order valence-electron chi connectivity index (χ4n) is 2.71. The zero-order valence-electron chi connectivity index (χ0n) is 16.3. The van der Waals surface area contributed by atoms with Gasteiger partial charge in [-0.05, 0) is 48.0 Å². The second-order valence-electron chi connectivity index (χ2n) is 6.63. The number of halogens is 1. The Morgan fingerprint density at radius 2 is 1.52 bits per heavy atom. The van der Waals surface area contributed by atoms with Crippen LogP contribution < -0.4 is 15.4 Å². The van der Waals surface area contributed by atoms with Gasteiger partial charge in [-0.25, -0.2) is 12.8 Å². The number of hydrogen-bond donors (Lipinski definition) is 3. The first-order valence-electron chi connectivity index (χ1n) is 9.31. The van der Waals surface area contributed by atoms with E-state index in [9.17, 15) is 22.4 Å². The summed E-state index contributed by atoms with van der Waals surface area (Å²) in [5.41, 5.74) is 1.31. The van der Waals surface area contributed by atoms with Crippen molar-refractivity contribution in [1.82, 2.24) is 5.32 Å². The van der Waals surface area contributed by atoms with E-state index in [2.05, 4.69) is 15.4 Å². The molecular formula is C22H20FN3O4S. The van der Waals surface area contributed by atoms with Gasteiger partial charge in [0.25, 0.3) is 10.0 Å². The van der Waals surface area contributed by atoms with Crippen LogP contribution in [0.3, 0.4) is 0 Å². The van der Waals surface area contributed by atoms with Crippen molar-refractivity contribution in [2.45, 2.75) is 11.3 Å².